The molecule has 4 aliphatic carbocycles. The molecule has 0 aromatic heterocycles. The predicted octanol–water partition coefficient (Wildman–Crippen LogP) is 9.57. The Bertz CT molecular complexity index is 775. The van der Waals surface area contributed by atoms with Crippen molar-refractivity contribution >= 4 is 7.12 Å². The van der Waals surface area contributed by atoms with Crippen LogP contribution < -0.4 is 0 Å². The summed E-state index contributed by atoms with van der Waals surface area (Å²) in [5.41, 5.74) is 0.760. The Balaban J connectivity index is 1.24. The zero-order valence-electron chi connectivity index (χ0n) is 25.5. The summed E-state index contributed by atoms with van der Waals surface area (Å²) >= 11 is 0. The number of hydrogen-bond acceptors (Lipinski definition) is 2. The Hall–Kier alpha value is -0.0151. The van der Waals surface area contributed by atoms with Crippen LogP contribution in [-0.2, 0) is 9.31 Å². The van der Waals surface area contributed by atoms with Gasteiger partial charge in [-0.2, -0.15) is 0 Å². The molecule has 0 N–H and O–H groups in total. The lowest BCUT2D eigenvalue weighted by Crippen LogP contribution is -2.54. The van der Waals surface area contributed by atoms with Crippen molar-refractivity contribution in [1.29, 1.82) is 0 Å². The number of rotatable bonds is 6. The summed E-state index contributed by atoms with van der Waals surface area (Å²) in [5, 5.41) is 0. The Morgan fingerprint density at radius 2 is 1.36 bits per heavy atom. The van der Waals surface area contributed by atoms with Crippen LogP contribution in [0.2, 0.25) is 5.82 Å². The van der Waals surface area contributed by atoms with Gasteiger partial charge in [0, 0.05) is 0 Å². The van der Waals surface area contributed by atoms with Crippen molar-refractivity contribution < 1.29 is 9.31 Å². The molecule has 9 atom stereocenters. The fourth-order valence-corrected chi connectivity index (χ4v) is 10.6. The summed E-state index contributed by atoms with van der Waals surface area (Å²) in [7, 11) is -0.000283. The van der Waals surface area contributed by atoms with Gasteiger partial charge in [0.1, 0.15) is 0 Å². The van der Waals surface area contributed by atoms with Crippen molar-refractivity contribution in [1.82, 2.24) is 0 Å². The first-order valence-corrected chi connectivity index (χ1v) is 16.1. The molecule has 1 saturated heterocycles. The average Bonchev–Trinajstić information content (AvgIpc) is 3.25. The summed E-state index contributed by atoms with van der Waals surface area (Å²) in [6.07, 6.45) is 17.3. The first-order chi connectivity index (χ1) is 16.8. The molecule has 0 radical (unpaired) electrons. The molecule has 4 saturated carbocycles. The Morgan fingerprint density at radius 1 is 0.722 bits per heavy atom. The van der Waals surface area contributed by atoms with Crippen molar-refractivity contribution in [3.63, 3.8) is 0 Å². The van der Waals surface area contributed by atoms with Crippen molar-refractivity contribution in [2.45, 2.75) is 156 Å². The van der Waals surface area contributed by atoms with E-state index in [1.165, 1.54) is 77.0 Å². The minimum absolute atomic E-state index is 0.000283. The Kier molecular flexibility index (Phi) is 7.32. The Morgan fingerprint density at radius 3 is 2.03 bits per heavy atom. The van der Waals surface area contributed by atoms with Crippen LogP contribution in [0.15, 0.2) is 0 Å². The van der Waals surface area contributed by atoms with Crippen molar-refractivity contribution in [2.75, 3.05) is 0 Å². The van der Waals surface area contributed by atoms with Crippen LogP contribution in [0.25, 0.3) is 0 Å². The van der Waals surface area contributed by atoms with E-state index in [0.717, 1.165) is 41.4 Å². The van der Waals surface area contributed by atoms with E-state index in [0.29, 0.717) is 16.6 Å². The third-order valence-corrected chi connectivity index (χ3v) is 13.6. The van der Waals surface area contributed by atoms with Crippen LogP contribution in [0.4, 0.5) is 0 Å². The van der Waals surface area contributed by atoms with E-state index in [1.807, 2.05) is 0 Å². The van der Waals surface area contributed by atoms with E-state index in [9.17, 15) is 0 Å². The lowest BCUT2D eigenvalue weighted by Gasteiger charge is -2.61. The Labute approximate surface area is 225 Å². The predicted molar refractivity (Wildman–Crippen MR) is 153 cm³/mol. The van der Waals surface area contributed by atoms with Gasteiger partial charge in [0.05, 0.1) is 11.2 Å². The van der Waals surface area contributed by atoms with Gasteiger partial charge in [-0.15, -0.1) is 0 Å². The van der Waals surface area contributed by atoms with Gasteiger partial charge >= 0.3 is 7.12 Å². The lowest BCUT2D eigenvalue weighted by atomic mass is 9.42. The van der Waals surface area contributed by atoms with E-state index in [-0.39, 0.29) is 18.3 Å². The zero-order valence-corrected chi connectivity index (χ0v) is 25.5. The fraction of sp³-hybridized carbons (Fsp3) is 1.00. The van der Waals surface area contributed by atoms with Crippen LogP contribution in [0.5, 0.6) is 0 Å². The van der Waals surface area contributed by atoms with Gasteiger partial charge in [-0.1, -0.05) is 60.3 Å². The van der Waals surface area contributed by atoms with Crippen molar-refractivity contribution in [2.24, 2.45) is 52.3 Å². The highest BCUT2D eigenvalue weighted by Gasteiger charge is 2.62. The summed E-state index contributed by atoms with van der Waals surface area (Å²) in [5.74, 6) is 7.14. The maximum atomic E-state index is 6.55. The van der Waals surface area contributed by atoms with Crippen molar-refractivity contribution in [3.05, 3.63) is 0 Å². The van der Waals surface area contributed by atoms with Gasteiger partial charge in [0.2, 0.25) is 0 Å². The smallest absolute Gasteiger partial charge is 0.403 e. The molecule has 2 unspecified atom stereocenters. The molecule has 2 nitrogen and oxygen atoms in total. The molecule has 3 heteroatoms. The summed E-state index contributed by atoms with van der Waals surface area (Å²) < 4.78 is 13.1. The molecule has 0 amide bonds. The maximum Gasteiger partial charge on any atom is 0.461 e. The monoisotopic (exact) mass is 498 g/mol. The van der Waals surface area contributed by atoms with E-state index in [1.54, 1.807) is 0 Å². The largest absolute Gasteiger partial charge is 0.461 e. The van der Waals surface area contributed by atoms with Gasteiger partial charge in [-0.05, 0) is 137 Å². The standard InChI is InChI=1S/C33H59BO2/c1-22(2)11-10-12-23(3)27-15-16-28-26-14-13-24-21-25(34-35-30(4,5)31(6,7)36-34)17-19-32(24,8)29(26)18-20-33(27,28)9/h22-29H,10-21H2,1-9H3/t23-,24?,25?,26+,27-,28+,29+,32+,33-/m1/s1. The topological polar surface area (TPSA) is 18.5 Å². The summed E-state index contributed by atoms with van der Waals surface area (Å²) in [6.45, 7) is 21.7. The van der Waals surface area contributed by atoms with Gasteiger partial charge in [0.15, 0.2) is 0 Å². The van der Waals surface area contributed by atoms with Gasteiger partial charge < -0.3 is 9.31 Å². The number of fused-ring (bicyclic) bond motifs is 5. The molecule has 206 valence electrons. The van der Waals surface area contributed by atoms with E-state index in [2.05, 4.69) is 62.3 Å². The second-order valence-electron chi connectivity index (χ2n) is 16.3. The van der Waals surface area contributed by atoms with Crippen LogP contribution in [0.3, 0.4) is 0 Å². The highest BCUT2D eigenvalue weighted by Crippen LogP contribution is 2.69. The molecule has 36 heavy (non-hydrogen) atoms. The van der Waals surface area contributed by atoms with Gasteiger partial charge in [-0.3, -0.25) is 0 Å². The highest BCUT2D eigenvalue weighted by atomic mass is 16.7. The molecule has 5 fully saturated rings. The van der Waals surface area contributed by atoms with Gasteiger partial charge in [0.25, 0.3) is 0 Å². The third-order valence-electron chi connectivity index (χ3n) is 13.6. The molecule has 5 aliphatic rings. The van der Waals surface area contributed by atoms with Crippen LogP contribution in [-0.4, -0.2) is 18.3 Å². The van der Waals surface area contributed by atoms with Crippen LogP contribution in [0.1, 0.15) is 139 Å². The fourth-order valence-electron chi connectivity index (χ4n) is 10.6. The summed E-state index contributed by atoms with van der Waals surface area (Å²) in [4.78, 5) is 0. The lowest BCUT2D eigenvalue weighted by molar-refractivity contribution is -0.115. The zero-order chi connectivity index (χ0) is 26.1. The molecule has 0 aromatic carbocycles. The van der Waals surface area contributed by atoms with E-state index >= 15 is 0 Å². The maximum absolute atomic E-state index is 6.55. The van der Waals surface area contributed by atoms with Crippen molar-refractivity contribution in [3.8, 4) is 0 Å². The molecular formula is C33H59BO2. The molecule has 5 rings (SSSR count). The molecule has 0 spiro atoms. The second-order valence-corrected chi connectivity index (χ2v) is 16.3. The number of hydrogen-bond donors (Lipinski definition) is 0. The first-order valence-electron chi connectivity index (χ1n) is 16.1. The minimum Gasteiger partial charge on any atom is -0.403 e. The normalized spacial score (nSPS) is 46.3. The third kappa shape index (κ3) is 4.47. The first kappa shape index (κ1) is 27.5. The minimum atomic E-state index is -0.200. The second kappa shape index (κ2) is 9.57. The van der Waals surface area contributed by atoms with Crippen LogP contribution >= 0.6 is 0 Å². The van der Waals surface area contributed by atoms with E-state index < -0.39 is 0 Å². The highest BCUT2D eigenvalue weighted by molar-refractivity contribution is 6.47. The molecular weight excluding hydrogens is 439 g/mol. The summed E-state index contributed by atoms with van der Waals surface area (Å²) in [6, 6.07) is 0. The molecule has 0 aromatic rings. The average molecular weight is 499 g/mol. The quantitative estimate of drug-likeness (QED) is 0.339. The van der Waals surface area contributed by atoms with Crippen LogP contribution in [0, 0.1) is 52.3 Å². The van der Waals surface area contributed by atoms with Gasteiger partial charge in [-0.25, -0.2) is 0 Å². The molecule has 1 aliphatic heterocycles. The molecule has 1 heterocycles. The van der Waals surface area contributed by atoms with E-state index in [4.69, 9.17) is 9.31 Å². The SMILES string of the molecule is CC(C)CCC[C@@H](C)[C@H]1CC[C@H]2[C@@H]3CCC4CC(B5OC(C)(C)C(C)(C)O5)CC[C@]4(C)[C@H]3CC[C@]12C. The molecule has 0 bridgehead atoms.